The summed E-state index contributed by atoms with van der Waals surface area (Å²) in [6, 6.07) is 0. The maximum absolute atomic E-state index is 12.8. The minimum absolute atomic E-state index is 0.185. The number of esters is 2. The van der Waals surface area contributed by atoms with Crippen LogP contribution in [0.3, 0.4) is 0 Å². The number of allylic oxidation sites excluding steroid dienone is 4. The molecular formula is C53H96O11. The Labute approximate surface area is 389 Å². The van der Waals surface area contributed by atoms with E-state index in [-0.39, 0.29) is 26.1 Å². The van der Waals surface area contributed by atoms with Gasteiger partial charge in [0.15, 0.2) is 18.5 Å². The summed E-state index contributed by atoms with van der Waals surface area (Å²) in [5, 5.41) is 39.9. The third-order valence-corrected chi connectivity index (χ3v) is 12.3. The fraction of sp³-hybridized carbons (Fsp3) is 0.868. The predicted octanol–water partition coefficient (Wildman–Crippen LogP) is 12.5. The molecule has 0 spiro atoms. The molecule has 1 heterocycles. The third-order valence-electron chi connectivity index (χ3n) is 12.3. The summed E-state index contributed by atoms with van der Waals surface area (Å²) in [7, 11) is 0. The van der Waals surface area contributed by atoms with Crippen molar-refractivity contribution < 1.29 is 53.8 Å². The lowest BCUT2D eigenvalue weighted by atomic mass is 9.99. The number of aliphatic hydroxyl groups excluding tert-OH is 3. The lowest BCUT2D eigenvalue weighted by Gasteiger charge is -2.38. The number of aliphatic carboxylic acids is 1. The molecule has 0 radical (unpaired) electrons. The zero-order valence-corrected chi connectivity index (χ0v) is 40.8. The maximum Gasteiger partial charge on any atom is 0.335 e. The van der Waals surface area contributed by atoms with Crippen molar-refractivity contribution in [1.82, 2.24) is 0 Å². The Balaban J connectivity index is 2.27. The Bertz CT molecular complexity index is 1160. The Kier molecular flexibility index (Phi) is 40.4. The number of carbonyl (C=O) groups excluding carboxylic acids is 2. The van der Waals surface area contributed by atoms with E-state index in [1.165, 1.54) is 148 Å². The fourth-order valence-corrected chi connectivity index (χ4v) is 8.15. The molecule has 1 fully saturated rings. The van der Waals surface area contributed by atoms with Gasteiger partial charge in [-0.1, -0.05) is 212 Å². The smallest absolute Gasteiger partial charge is 0.335 e. The van der Waals surface area contributed by atoms with Crippen LogP contribution in [0.4, 0.5) is 0 Å². The highest BCUT2D eigenvalue weighted by molar-refractivity contribution is 5.73. The fourth-order valence-electron chi connectivity index (χ4n) is 8.15. The molecule has 1 rings (SSSR count). The highest BCUT2D eigenvalue weighted by atomic mass is 16.7. The molecule has 11 nitrogen and oxygen atoms in total. The van der Waals surface area contributed by atoms with Crippen LogP contribution in [-0.4, -0.2) is 88.4 Å². The molecule has 0 aliphatic carbocycles. The SMILES string of the molecule is CCCCCC/C=C\C/C=C\CCCCCCCC(=O)OCC(COC1OC(C(=O)O)C(O)C(O)C1O)OC(=O)CCCCCCCCCCCCCCCCCCCCCCCC. The van der Waals surface area contributed by atoms with E-state index in [2.05, 4.69) is 38.2 Å². The summed E-state index contributed by atoms with van der Waals surface area (Å²) in [6.07, 6.45) is 40.9. The van der Waals surface area contributed by atoms with E-state index in [4.69, 9.17) is 18.9 Å². The topological polar surface area (TPSA) is 169 Å². The van der Waals surface area contributed by atoms with E-state index in [0.29, 0.717) is 12.8 Å². The van der Waals surface area contributed by atoms with E-state index in [9.17, 15) is 34.8 Å². The number of unbranched alkanes of at least 4 members (excludes halogenated alkanes) is 30. The van der Waals surface area contributed by atoms with Crippen LogP contribution >= 0.6 is 0 Å². The van der Waals surface area contributed by atoms with Gasteiger partial charge in [0, 0.05) is 12.8 Å². The number of carbonyl (C=O) groups is 3. The second kappa shape index (κ2) is 43.3. The van der Waals surface area contributed by atoms with Crippen molar-refractivity contribution >= 4 is 17.9 Å². The number of hydrogen-bond acceptors (Lipinski definition) is 10. The van der Waals surface area contributed by atoms with Crippen molar-refractivity contribution in [3.8, 4) is 0 Å². The predicted molar refractivity (Wildman–Crippen MR) is 257 cm³/mol. The Hall–Kier alpha value is -2.31. The molecule has 0 aromatic carbocycles. The monoisotopic (exact) mass is 909 g/mol. The molecule has 0 aromatic heterocycles. The van der Waals surface area contributed by atoms with Crippen molar-refractivity contribution in [2.24, 2.45) is 0 Å². The molecule has 4 N–H and O–H groups in total. The van der Waals surface area contributed by atoms with Crippen molar-refractivity contribution in [3.05, 3.63) is 24.3 Å². The third kappa shape index (κ3) is 34.1. The van der Waals surface area contributed by atoms with Gasteiger partial charge in [-0.2, -0.15) is 0 Å². The first-order valence-electron chi connectivity index (χ1n) is 26.4. The maximum atomic E-state index is 12.8. The van der Waals surface area contributed by atoms with E-state index in [1.54, 1.807) is 0 Å². The summed E-state index contributed by atoms with van der Waals surface area (Å²) in [4.78, 5) is 37.0. The number of ether oxygens (including phenoxy) is 4. The molecular weight excluding hydrogens is 813 g/mol. The van der Waals surface area contributed by atoms with Crippen LogP contribution in [0.15, 0.2) is 24.3 Å². The molecule has 11 heteroatoms. The number of carboxylic acids is 1. The molecule has 0 bridgehead atoms. The standard InChI is InChI=1S/C53H96O11/c1-3-5-7-9-11-13-15-17-19-21-22-23-24-25-26-28-30-32-34-36-38-40-42-47(55)63-45(44-62-53-50(58)48(56)49(57)51(64-53)52(59)60)43-61-46(54)41-39-37-35-33-31-29-27-20-18-16-14-12-10-8-6-4-2/h14,16,20,27,45,48-51,53,56-58H,3-13,15,17-19,21-26,28-44H2,1-2H3,(H,59,60)/b16-14-,27-20-. The zero-order valence-electron chi connectivity index (χ0n) is 40.8. The summed E-state index contributed by atoms with van der Waals surface area (Å²) < 4.78 is 21.8. The Morgan fingerprint density at radius 3 is 1.31 bits per heavy atom. The van der Waals surface area contributed by atoms with Gasteiger partial charge >= 0.3 is 17.9 Å². The molecule has 6 unspecified atom stereocenters. The number of carboxylic acid groups (broad SMARTS) is 1. The van der Waals surface area contributed by atoms with Crippen LogP contribution in [0.25, 0.3) is 0 Å². The van der Waals surface area contributed by atoms with Crippen molar-refractivity contribution in [3.63, 3.8) is 0 Å². The van der Waals surface area contributed by atoms with Gasteiger partial charge in [-0.05, 0) is 44.9 Å². The molecule has 1 aliphatic heterocycles. The molecule has 64 heavy (non-hydrogen) atoms. The lowest BCUT2D eigenvalue weighted by Crippen LogP contribution is -2.60. The van der Waals surface area contributed by atoms with Gasteiger partial charge in [0.1, 0.15) is 24.9 Å². The normalized spacial score (nSPS) is 19.4. The van der Waals surface area contributed by atoms with Gasteiger partial charge in [0.2, 0.25) is 0 Å². The molecule has 1 saturated heterocycles. The number of rotatable bonds is 45. The van der Waals surface area contributed by atoms with E-state index in [0.717, 1.165) is 57.8 Å². The summed E-state index contributed by atoms with van der Waals surface area (Å²) in [5.74, 6) is -2.45. The van der Waals surface area contributed by atoms with E-state index in [1.807, 2.05) is 0 Å². The Morgan fingerprint density at radius 2 is 0.875 bits per heavy atom. The average molecular weight is 909 g/mol. The lowest BCUT2D eigenvalue weighted by molar-refractivity contribution is -0.298. The van der Waals surface area contributed by atoms with Crippen molar-refractivity contribution in [2.45, 2.75) is 282 Å². The number of aliphatic hydroxyl groups is 3. The van der Waals surface area contributed by atoms with E-state index >= 15 is 0 Å². The second-order valence-electron chi connectivity index (χ2n) is 18.4. The molecule has 1 aliphatic rings. The van der Waals surface area contributed by atoms with Gasteiger partial charge in [-0.3, -0.25) is 9.59 Å². The number of hydrogen-bond donors (Lipinski definition) is 4. The van der Waals surface area contributed by atoms with Crippen LogP contribution in [0.2, 0.25) is 0 Å². The highest BCUT2D eigenvalue weighted by Crippen LogP contribution is 2.23. The van der Waals surface area contributed by atoms with E-state index < -0.39 is 54.7 Å². The zero-order chi connectivity index (χ0) is 46.7. The summed E-state index contributed by atoms with van der Waals surface area (Å²) >= 11 is 0. The van der Waals surface area contributed by atoms with Gasteiger partial charge in [-0.15, -0.1) is 0 Å². The minimum Gasteiger partial charge on any atom is -0.479 e. The van der Waals surface area contributed by atoms with Crippen molar-refractivity contribution in [1.29, 1.82) is 0 Å². The minimum atomic E-state index is -1.86. The van der Waals surface area contributed by atoms with Crippen LogP contribution in [-0.2, 0) is 33.3 Å². The van der Waals surface area contributed by atoms with Crippen LogP contribution < -0.4 is 0 Å². The quantitative estimate of drug-likeness (QED) is 0.0261. The first kappa shape index (κ1) is 59.7. The molecule has 0 amide bonds. The largest absolute Gasteiger partial charge is 0.479 e. The molecule has 374 valence electrons. The highest BCUT2D eigenvalue weighted by Gasteiger charge is 2.47. The van der Waals surface area contributed by atoms with Gasteiger partial charge in [0.05, 0.1) is 6.61 Å². The van der Waals surface area contributed by atoms with Gasteiger partial charge in [-0.25, -0.2) is 4.79 Å². The van der Waals surface area contributed by atoms with Crippen LogP contribution in [0, 0.1) is 0 Å². The molecule has 6 atom stereocenters. The Morgan fingerprint density at radius 1 is 0.484 bits per heavy atom. The van der Waals surface area contributed by atoms with Crippen molar-refractivity contribution in [2.75, 3.05) is 13.2 Å². The average Bonchev–Trinajstić information content (AvgIpc) is 3.28. The summed E-state index contributed by atoms with van der Waals surface area (Å²) in [5.41, 5.74) is 0. The van der Waals surface area contributed by atoms with Gasteiger partial charge in [0.25, 0.3) is 0 Å². The van der Waals surface area contributed by atoms with Gasteiger partial charge < -0.3 is 39.4 Å². The van der Waals surface area contributed by atoms with Crippen LogP contribution in [0.5, 0.6) is 0 Å². The summed E-state index contributed by atoms with van der Waals surface area (Å²) in [6.45, 7) is 3.82. The van der Waals surface area contributed by atoms with Crippen LogP contribution in [0.1, 0.15) is 245 Å². The molecule has 0 saturated carbocycles. The first-order chi connectivity index (χ1) is 31.2. The first-order valence-corrected chi connectivity index (χ1v) is 26.4. The second-order valence-corrected chi connectivity index (χ2v) is 18.4. The molecule has 0 aromatic rings.